The SMILES string of the molecule is c1ccc(-c2ccccc2C2CN(CCCCCCCCn3cc(-c4cccnc4)nn3)N=N2)cc1. The fourth-order valence-electron chi connectivity index (χ4n) is 4.70. The zero-order valence-corrected chi connectivity index (χ0v) is 20.7. The minimum absolute atomic E-state index is 0.108. The van der Waals surface area contributed by atoms with Gasteiger partial charge in [0.05, 0.1) is 12.7 Å². The van der Waals surface area contributed by atoms with Gasteiger partial charge in [-0.2, -0.15) is 5.11 Å². The van der Waals surface area contributed by atoms with Crippen molar-refractivity contribution < 1.29 is 0 Å². The summed E-state index contributed by atoms with van der Waals surface area (Å²) in [6.45, 7) is 2.75. The van der Waals surface area contributed by atoms with Crippen LogP contribution in [0.3, 0.4) is 0 Å². The van der Waals surface area contributed by atoms with E-state index in [0.29, 0.717) is 0 Å². The highest BCUT2D eigenvalue weighted by molar-refractivity contribution is 5.68. The molecule has 0 amide bonds. The fraction of sp³-hybridized carbons (Fsp3) is 0.345. The molecular weight excluding hydrogens is 446 g/mol. The first-order valence-corrected chi connectivity index (χ1v) is 13.0. The maximum atomic E-state index is 4.60. The second-order valence-electron chi connectivity index (χ2n) is 9.32. The molecule has 2 aromatic carbocycles. The van der Waals surface area contributed by atoms with Gasteiger partial charge in [0.2, 0.25) is 0 Å². The molecule has 1 atom stereocenters. The van der Waals surface area contributed by atoms with Gasteiger partial charge in [-0.15, -0.1) is 5.10 Å². The summed E-state index contributed by atoms with van der Waals surface area (Å²) in [5.41, 5.74) is 5.64. The van der Waals surface area contributed by atoms with E-state index >= 15 is 0 Å². The number of pyridine rings is 1. The number of rotatable bonds is 12. The molecule has 0 radical (unpaired) electrons. The Kier molecular flexibility index (Phi) is 8.08. The Morgan fingerprint density at radius 1 is 0.750 bits per heavy atom. The van der Waals surface area contributed by atoms with Gasteiger partial charge in [0.1, 0.15) is 11.7 Å². The topological polar surface area (TPSA) is 71.6 Å². The lowest BCUT2D eigenvalue weighted by Gasteiger charge is -2.16. The van der Waals surface area contributed by atoms with E-state index in [0.717, 1.165) is 43.7 Å². The highest BCUT2D eigenvalue weighted by atomic mass is 15.6. The minimum Gasteiger partial charge on any atom is -0.276 e. The Hall–Kier alpha value is -3.87. The maximum absolute atomic E-state index is 4.60. The normalized spacial score (nSPS) is 15.0. The van der Waals surface area contributed by atoms with E-state index < -0.39 is 0 Å². The van der Waals surface area contributed by atoms with E-state index in [2.05, 4.69) is 85.2 Å². The van der Waals surface area contributed by atoms with E-state index in [1.54, 1.807) is 6.20 Å². The van der Waals surface area contributed by atoms with Gasteiger partial charge in [-0.3, -0.25) is 14.7 Å². The Balaban J connectivity index is 0.972. The third-order valence-electron chi connectivity index (χ3n) is 6.66. The van der Waals surface area contributed by atoms with Crippen LogP contribution >= 0.6 is 0 Å². The molecule has 0 fully saturated rings. The van der Waals surface area contributed by atoms with Gasteiger partial charge in [-0.05, 0) is 41.7 Å². The van der Waals surface area contributed by atoms with Crippen molar-refractivity contribution in [1.82, 2.24) is 25.0 Å². The Morgan fingerprint density at radius 3 is 2.33 bits per heavy atom. The first-order valence-electron chi connectivity index (χ1n) is 13.0. The highest BCUT2D eigenvalue weighted by Gasteiger charge is 2.23. The lowest BCUT2D eigenvalue weighted by Crippen LogP contribution is -2.19. The average molecular weight is 480 g/mol. The molecule has 1 aliphatic heterocycles. The van der Waals surface area contributed by atoms with Crippen LogP contribution in [0.4, 0.5) is 0 Å². The molecule has 4 aromatic rings. The second-order valence-corrected chi connectivity index (χ2v) is 9.32. The van der Waals surface area contributed by atoms with Crippen LogP contribution in [-0.2, 0) is 6.54 Å². The maximum Gasteiger partial charge on any atom is 0.118 e. The van der Waals surface area contributed by atoms with Crippen LogP contribution in [-0.4, -0.2) is 38.1 Å². The number of benzene rings is 2. The Bertz CT molecular complexity index is 1240. The summed E-state index contributed by atoms with van der Waals surface area (Å²) in [6.07, 6.45) is 12.8. The zero-order chi connectivity index (χ0) is 24.4. The van der Waals surface area contributed by atoms with E-state index in [1.807, 2.05) is 29.2 Å². The summed E-state index contributed by atoms with van der Waals surface area (Å²) in [4.78, 5) is 4.15. The van der Waals surface area contributed by atoms with E-state index in [9.17, 15) is 0 Å². The van der Waals surface area contributed by atoms with Gasteiger partial charge < -0.3 is 0 Å². The molecule has 2 aromatic heterocycles. The Morgan fingerprint density at radius 2 is 1.50 bits per heavy atom. The molecule has 3 heterocycles. The number of hydrogen-bond acceptors (Lipinski definition) is 6. The monoisotopic (exact) mass is 479 g/mol. The van der Waals surface area contributed by atoms with Crippen molar-refractivity contribution in [2.75, 3.05) is 13.1 Å². The summed E-state index contributed by atoms with van der Waals surface area (Å²) in [5, 5.41) is 19.7. The van der Waals surface area contributed by atoms with E-state index in [-0.39, 0.29) is 6.04 Å². The largest absolute Gasteiger partial charge is 0.276 e. The first-order chi connectivity index (χ1) is 17.9. The van der Waals surface area contributed by atoms with Crippen LogP contribution in [0.15, 0.2) is 95.7 Å². The molecule has 184 valence electrons. The summed E-state index contributed by atoms with van der Waals surface area (Å²) in [7, 11) is 0. The average Bonchev–Trinajstić information content (AvgIpc) is 3.61. The van der Waals surface area contributed by atoms with Gasteiger partial charge >= 0.3 is 0 Å². The van der Waals surface area contributed by atoms with Crippen LogP contribution in [0.25, 0.3) is 22.4 Å². The van der Waals surface area contributed by atoms with E-state index in [4.69, 9.17) is 0 Å². The zero-order valence-electron chi connectivity index (χ0n) is 20.7. The van der Waals surface area contributed by atoms with Crippen molar-refractivity contribution in [2.45, 2.75) is 51.1 Å². The molecule has 0 N–H and O–H groups in total. The van der Waals surface area contributed by atoms with Crippen LogP contribution in [0.5, 0.6) is 0 Å². The molecule has 7 nitrogen and oxygen atoms in total. The van der Waals surface area contributed by atoms with Crippen molar-refractivity contribution in [2.24, 2.45) is 10.3 Å². The molecule has 0 spiro atoms. The smallest absolute Gasteiger partial charge is 0.118 e. The molecule has 0 bridgehead atoms. The highest BCUT2D eigenvalue weighted by Crippen LogP contribution is 2.33. The third kappa shape index (κ3) is 6.22. The van der Waals surface area contributed by atoms with Crippen molar-refractivity contribution in [3.63, 3.8) is 0 Å². The summed E-state index contributed by atoms with van der Waals surface area (Å²) in [6, 6.07) is 23.2. The molecule has 0 saturated heterocycles. The summed E-state index contributed by atoms with van der Waals surface area (Å²) >= 11 is 0. The van der Waals surface area contributed by atoms with Crippen molar-refractivity contribution in [3.8, 4) is 22.4 Å². The summed E-state index contributed by atoms with van der Waals surface area (Å²) < 4.78 is 1.94. The van der Waals surface area contributed by atoms with Gasteiger partial charge in [0.15, 0.2) is 0 Å². The fourth-order valence-corrected chi connectivity index (χ4v) is 4.70. The molecule has 7 heteroatoms. The molecule has 1 unspecified atom stereocenters. The van der Waals surface area contributed by atoms with Gasteiger partial charge in [0, 0.05) is 31.0 Å². The third-order valence-corrected chi connectivity index (χ3v) is 6.66. The van der Waals surface area contributed by atoms with Gasteiger partial charge in [-0.25, -0.2) is 0 Å². The molecule has 0 aliphatic carbocycles. The minimum atomic E-state index is 0.108. The Labute approximate surface area is 212 Å². The number of aryl methyl sites for hydroxylation is 1. The lowest BCUT2D eigenvalue weighted by molar-refractivity contribution is 0.299. The quantitative estimate of drug-likeness (QED) is 0.210. The van der Waals surface area contributed by atoms with Gasteiger partial charge in [-0.1, -0.05) is 90.7 Å². The number of aromatic nitrogens is 4. The molecule has 0 saturated carbocycles. The predicted molar refractivity (Wildman–Crippen MR) is 142 cm³/mol. The van der Waals surface area contributed by atoms with E-state index in [1.165, 1.54) is 42.4 Å². The first kappa shape index (κ1) is 23.9. The standard InChI is InChI=1S/C29H33N7/c1(3-10-19-35-22-28(31-33-35)25-15-12-18-30-21-25)2-4-11-20-36-23-29(32-34-36)27-17-9-8-16-26(27)24-13-6-5-7-14-24/h5-9,12-18,21-22,29H,1-4,10-11,19-20,23H2. The summed E-state index contributed by atoms with van der Waals surface area (Å²) in [5.74, 6) is 0. The number of unbranched alkanes of at least 4 members (excludes halogenated alkanes) is 5. The number of nitrogens with zero attached hydrogens (tertiary/aromatic N) is 7. The molecule has 36 heavy (non-hydrogen) atoms. The van der Waals surface area contributed by atoms with Crippen molar-refractivity contribution >= 4 is 0 Å². The molecule has 5 rings (SSSR count). The molecule has 1 aliphatic rings. The predicted octanol–water partition coefficient (Wildman–Crippen LogP) is 6.77. The van der Waals surface area contributed by atoms with Crippen LogP contribution in [0, 0.1) is 0 Å². The van der Waals surface area contributed by atoms with Crippen molar-refractivity contribution in [3.05, 3.63) is 90.9 Å². The van der Waals surface area contributed by atoms with Crippen LogP contribution in [0.1, 0.15) is 50.1 Å². The van der Waals surface area contributed by atoms with Crippen molar-refractivity contribution in [1.29, 1.82) is 0 Å². The lowest BCUT2D eigenvalue weighted by atomic mass is 9.95. The van der Waals surface area contributed by atoms with Crippen LogP contribution < -0.4 is 0 Å². The number of hydrogen-bond donors (Lipinski definition) is 0. The van der Waals surface area contributed by atoms with Gasteiger partial charge in [0.25, 0.3) is 0 Å². The molecular formula is C29H33N7. The van der Waals surface area contributed by atoms with Crippen LogP contribution in [0.2, 0.25) is 0 Å². The second kappa shape index (κ2) is 12.2.